The fourth-order valence-electron chi connectivity index (χ4n) is 0.414. The van der Waals surface area contributed by atoms with E-state index in [4.69, 9.17) is 5.73 Å². The van der Waals surface area contributed by atoms with Gasteiger partial charge < -0.3 is 15.2 Å². The lowest BCUT2D eigenvalue weighted by Crippen LogP contribution is -2.16. The minimum Gasteiger partial charge on any atom is -0.469 e. The van der Waals surface area contributed by atoms with Gasteiger partial charge in [-0.1, -0.05) is 0 Å². The molecule has 11 heavy (non-hydrogen) atoms. The number of hydrogen-bond acceptors (Lipinski definition) is 5. The van der Waals surface area contributed by atoms with Crippen molar-refractivity contribution in [3.05, 3.63) is 0 Å². The highest BCUT2D eigenvalue weighted by Gasteiger charge is 2.09. The van der Waals surface area contributed by atoms with Gasteiger partial charge in [0.05, 0.1) is 7.11 Å². The number of carbonyl (C=O) groups is 2. The predicted molar refractivity (Wildman–Crippen MR) is 36.6 cm³/mol. The summed E-state index contributed by atoms with van der Waals surface area (Å²) in [7, 11) is 1.21. The number of hydrogen-bond donors (Lipinski definition) is 1. The Balaban J connectivity index is 3.44. The first-order chi connectivity index (χ1) is 5.20. The van der Waals surface area contributed by atoms with Gasteiger partial charge in [-0.2, -0.15) is 0 Å². The maximum absolute atomic E-state index is 10.6. The average molecular weight is 161 g/mol. The van der Waals surface area contributed by atoms with E-state index in [1.165, 1.54) is 7.11 Å². The molecule has 0 aliphatic rings. The summed E-state index contributed by atoms with van der Waals surface area (Å²) in [6, 6.07) is 0. The standard InChI is InChI=1S/C6H11NO4/c1-10-5(8)4-6(9)11-3-2-7/h2-4,7H2,1H3. The van der Waals surface area contributed by atoms with E-state index in [2.05, 4.69) is 9.47 Å². The Bertz CT molecular complexity index is 146. The lowest BCUT2D eigenvalue weighted by molar-refractivity contribution is -0.152. The fraction of sp³-hybridized carbons (Fsp3) is 0.667. The van der Waals surface area contributed by atoms with Gasteiger partial charge in [0.25, 0.3) is 0 Å². The summed E-state index contributed by atoms with van der Waals surface area (Å²) in [6.07, 6.45) is -0.351. The summed E-state index contributed by atoms with van der Waals surface area (Å²) in [6.45, 7) is 0.392. The van der Waals surface area contributed by atoms with Gasteiger partial charge in [-0.25, -0.2) is 0 Å². The molecule has 0 amide bonds. The molecule has 64 valence electrons. The molecule has 0 aromatic rings. The molecule has 0 fully saturated rings. The van der Waals surface area contributed by atoms with Gasteiger partial charge in [-0.3, -0.25) is 9.59 Å². The van der Waals surface area contributed by atoms with Crippen LogP contribution >= 0.6 is 0 Å². The molecule has 0 aliphatic carbocycles. The van der Waals surface area contributed by atoms with Crippen LogP contribution in [-0.4, -0.2) is 32.2 Å². The van der Waals surface area contributed by atoms with Crippen LogP contribution in [0.25, 0.3) is 0 Å². The largest absolute Gasteiger partial charge is 0.469 e. The highest BCUT2D eigenvalue weighted by atomic mass is 16.5. The van der Waals surface area contributed by atoms with Crippen molar-refractivity contribution in [2.45, 2.75) is 6.42 Å². The molecule has 0 saturated carbocycles. The molecule has 0 aliphatic heterocycles. The Labute approximate surface area is 64.5 Å². The molecule has 0 aromatic carbocycles. The molecule has 0 rings (SSSR count). The third kappa shape index (κ3) is 5.35. The number of nitrogens with two attached hydrogens (primary N) is 1. The van der Waals surface area contributed by atoms with E-state index >= 15 is 0 Å². The van der Waals surface area contributed by atoms with Crippen LogP contribution in [0.15, 0.2) is 0 Å². The van der Waals surface area contributed by atoms with E-state index in [1.807, 2.05) is 0 Å². The summed E-state index contributed by atoms with van der Waals surface area (Å²) in [5.41, 5.74) is 5.05. The van der Waals surface area contributed by atoms with E-state index in [0.29, 0.717) is 0 Å². The van der Waals surface area contributed by atoms with Crippen molar-refractivity contribution in [1.29, 1.82) is 0 Å². The Morgan fingerprint density at radius 3 is 2.45 bits per heavy atom. The molecular weight excluding hydrogens is 150 g/mol. The van der Waals surface area contributed by atoms with Gasteiger partial charge in [-0.05, 0) is 0 Å². The highest BCUT2D eigenvalue weighted by molar-refractivity contribution is 5.91. The summed E-state index contributed by atoms with van der Waals surface area (Å²) in [5, 5.41) is 0. The normalized spacial score (nSPS) is 8.91. The Hall–Kier alpha value is -1.10. The molecule has 0 unspecified atom stereocenters. The second-order valence-electron chi connectivity index (χ2n) is 1.76. The second-order valence-corrected chi connectivity index (χ2v) is 1.76. The first-order valence-electron chi connectivity index (χ1n) is 3.13. The van der Waals surface area contributed by atoms with E-state index in [0.717, 1.165) is 0 Å². The maximum atomic E-state index is 10.6. The SMILES string of the molecule is COC(=O)CC(=O)OCCN. The molecule has 5 nitrogen and oxygen atoms in total. The zero-order valence-corrected chi connectivity index (χ0v) is 6.33. The summed E-state index contributed by atoms with van der Waals surface area (Å²) in [5.74, 6) is -1.21. The van der Waals surface area contributed by atoms with Crippen LogP contribution in [0.4, 0.5) is 0 Å². The molecule has 0 atom stereocenters. The summed E-state index contributed by atoms with van der Waals surface area (Å²) < 4.78 is 8.73. The van der Waals surface area contributed by atoms with Crippen molar-refractivity contribution >= 4 is 11.9 Å². The van der Waals surface area contributed by atoms with Crippen molar-refractivity contribution in [3.63, 3.8) is 0 Å². The zero-order chi connectivity index (χ0) is 8.69. The Morgan fingerprint density at radius 2 is 2.00 bits per heavy atom. The number of rotatable bonds is 4. The maximum Gasteiger partial charge on any atom is 0.317 e. The molecule has 5 heteroatoms. The van der Waals surface area contributed by atoms with E-state index in [9.17, 15) is 9.59 Å². The first kappa shape index (κ1) is 9.90. The van der Waals surface area contributed by atoms with Crippen LogP contribution in [0.5, 0.6) is 0 Å². The number of esters is 2. The van der Waals surface area contributed by atoms with Crippen molar-refractivity contribution < 1.29 is 19.1 Å². The van der Waals surface area contributed by atoms with Crippen molar-refractivity contribution in [2.24, 2.45) is 5.73 Å². The zero-order valence-electron chi connectivity index (χ0n) is 6.33. The van der Waals surface area contributed by atoms with Gasteiger partial charge in [0, 0.05) is 6.54 Å². The number of carbonyl (C=O) groups excluding carboxylic acids is 2. The van der Waals surface area contributed by atoms with Gasteiger partial charge in [0.1, 0.15) is 13.0 Å². The number of ether oxygens (including phenoxy) is 2. The van der Waals surface area contributed by atoms with Crippen molar-refractivity contribution in [3.8, 4) is 0 Å². The Kier molecular flexibility index (Phi) is 5.10. The van der Waals surface area contributed by atoms with Gasteiger partial charge >= 0.3 is 11.9 Å². The smallest absolute Gasteiger partial charge is 0.317 e. The molecule has 0 aromatic heterocycles. The topological polar surface area (TPSA) is 78.6 Å². The van der Waals surface area contributed by atoms with Crippen LogP contribution in [0.3, 0.4) is 0 Å². The third-order valence-corrected chi connectivity index (χ3v) is 0.897. The van der Waals surface area contributed by atoms with Crippen LogP contribution in [0.2, 0.25) is 0 Å². The molecule has 0 radical (unpaired) electrons. The molecule has 0 bridgehead atoms. The van der Waals surface area contributed by atoms with E-state index in [1.54, 1.807) is 0 Å². The van der Waals surface area contributed by atoms with Crippen LogP contribution in [0, 0.1) is 0 Å². The summed E-state index contributed by atoms with van der Waals surface area (Å²) in [4.78, 5) is 21.0. The minimum atomic E-state index is -0.609. The third-order valence-electron chi connectivity index (χ3n) is 0.897. The van der Waals surface area contributed by atoms with Gasteiger partial charge in [0.15, 0.2) is 0 Å². The lowest BCUT2D eigenvalue weighted by Gasteiger charge is -2.00. The highest BCUT2D eigenvalue weighted by Crippen LogP contribution is 1.87. The lowest BCUT2D eigenvalue weighted by atomic mass is 10.4. The second kappa shape index (κ2) is 5.67. The monoisotopic (exact) mass is 161 g/mol. The first-order valence-corrected chi connectivity index (χ1v) is 3.13. The minimum absolute atomic E-state index is 0.135. The fourth-order valence-corrected chi connectivity index (χ4v) is 0.414. The Morgan fingerprint density at radius 1 is 1.36 bits per heavy atom. The molecule has 0 saturated heterocycles. The average Bonchev–Trinajstić information content (AvgIpc) is 2.00. The molecular formula is C6H11NO4. The van der Waals surface area contributed by atoms with Crippen LogP contribution in [0.1, 0.15) is 6.42 Å². The number of methoxy groups -OCH3 is 1. The quantitative estimate of drug-likeness (QED) is 0.425. The van der Waals surface area contributed by atoms with Gasteiger partial charge in [-0.15, -0.1) is 0 Å². The van der Waals surface area contributed by atoms with Crippen LogP contribution < -0.4 is 5.73 Å². The molecule has 2 N–H and O–H groups in total. The summed E-state index contributed by atoms with van der Waals surface area (Å²) >= 11 is 0. The molecule has 0 spiro atoms. The molecule has 0 heterocycles. The van der Waals surface area contributed by atoms with Gasteiger partial charge in [0.2, 0.25) is 0 Å². The van der Waals surface area contributed by atoms with Crippen molar-refractivity contribution in [2.75, 3.05) is 20.3 Å². The predicted octanol–water partition coefficient (Wildman–Crippen LogP) is -0.949. The van der Waals surface area contributed by atoms with E-state index in [-0.39, 0.29) is 19.6 Å². The van der Waals surface area contributed by atoms with Crippen LogP contribution in [-0.2, 0) is 19.1 Å². The van der Waals surface area contributed by atoms with E-state index < -0.39 is 11.9 Å². The van der Waals surface area contributed by atoms with Crippen molar-refractivity contribution in [1.82, 2.24) is 0 Å².